The van der Waals surface area contributed by atoms with Crippen LogP contribution in [0.1, 0.15) is 23.4 Å². The molecule has 1 aliphatic heterocycles. The lowest BCUT2D eigenvalue weighted by Crippen LogP contribution is -2.37. The Kier molecular flexibility index (Phi) is 4.86. The summed E-state index contributed by atoms with van der Waals surface area (Å²) >= 11 is 6.14. The molecule has 2 aromatic rings. The van der Waals surface area contributed by atoms with Gasteiger partial charge in [-0.3, -0.25) is 9.89 Å². The number of carbonyl (C=O) groups is 1. The van der Waals surface area contributed by atoms with Crippen LogP contribution in [0.2, 0.25) is 5.02 Å². The van der Waals surface area contributed by atoms with E-state index < -0.39 is 16.1 Å². The Morgan fingerprint density at radius 3 is 2.72 bits per heavy atom. The molecule has 3 rings (SSSR count). The van der Waals surface area contributed by atoms with E-state index in [9.17, 15) is 13.2 Å². The van der Waals surface area contributed by atoms with Gasteiger partial charge in [-0.1, -0.05) is 29.8 Å². The van der Waals surface area contributed by atoms with Crippen molar-refractivity contribution in [2.24, 2.45) is 0 Å². The maximum Gasteiger partial charge on any atom is 0.244 e. The largest absolute Gasteiger partial charge is 0.337 e. The van der Waals surface area contributed by atoms with Gasteiger partial charge in [0.15, 0.2) is 0 Å². The molecule has 1 fully saturated rings. The summed E-state index contributed by atoms with van der Waals surface area (Å²) in [6.07, 6.45) is 0.125. The van der Waals surface area contributed by atoms with Crippen molar-refractivity contribution >= 4 is 27.5 Å². The van der Waals surface area contributed by atoms with Crippen molar-refractivity contribution in [3.8, 4) is 0 Å². The predicted octanol–water partition coefficient (Wildman–Crippen LogP) is 1.76. The Balaban J connectivity index is 1.72. The fraction of sp³-hybridized carbons (Fsp3) is 0.375. The van der Waals surface area contributed by atoms with Gasteiger partial charge < -0.3 is 4.90 Å². The molecule has 1 aliphatic rings. The number of benzene rings is 1. The Labute approximate surface area is 151 Å². The van der Waals surface area contributed by atoms with Gasteiger partial charge in [0.25, 0.3) is 0 Å². The number of carbonyl (C=O) groups excluding carboxylic acids is 1. The lowest BCUT2D eigenvalue weighted by molar-refractivity contribution is -0.128. The van der Waals surface area contributed by atoms with Crippen LogP contribution in [-0.2, 0) is 21.4 Å². The summed E-state index contributed by atoms with van der Waals surface area (Å²) < 4.78 is 27.8. The molecular formula is C16H19ClN4O3S. The highest BCUT2D eigenvalue weighted by atomic mass is 35.5. The minimum absolute atomic E-state index is 0.103. The molecule has 2 heterocycles. The van der Waals surface area contributed by atoms with E-state index in [1.54, 1.807) is 24.8 Å². The Morgan fingerprint density at radius 1 is 1.36 bits per heavy atom. The van der Waals surface area contributed by atoms with Gasteiger partial charge in [0.1, 0.15) is 4.90 Å². The van der Waals surface area contributed by atoms with Gasteiger partial charge in [0.05, 0.1) is 11.4 Å². The maximum atomic E-state index is 12.6. The van der Waals surface area contributed by atoms with Crippen molar-refractivity contribution in [1.82, 2.24) is 19.8 Å². The SMILES string of the molecule is Cc1n[nH]c(C)c1S(=O)(=O)N[C@@H]1CC(=O)N(Cc2ccccc2Cl)C1. The maximum absolute atomic E-state index is 12.6. The molecule has 1 aromatic carbocycles. The summed E-state index contributed by atoms with van der Waals surface area (Å²) in [4.78, 5) is 14.0. The van der Waals surface area contributed by atoms with Gasteiger partial charge in [0.2, 0.25) is 15.9 Å². The number of rotatable bonds is 5. The van der Waals surface area contributed by atoms with Gasteiger partial charge in [0, 0.05) is 30.6 Å². The molecule has 1 atom stereocenters. The van der Waals surface area contributed by atoms with Gasteiger partial charge in [-0.15, -0.1) is 0 Å². The zero-order valence-corrected chi connectivity index (χ0v) is 15.5. The van der Waals surface area contributed by atoms with Gasteiger partial charge in [-0.05, 0) is 25.5 Å². The number of nitrogens with zero attached hydrogens (tertiary/aromatic N) is 2. The highest BCUT2D eigenvalue weighted by Crippen LogP contribution is 2.23. The Hall–Kier alpha value is -1.90. The van der Waals surface area contributed by atoms with Crippen LogP contribution in [0.3, 0.4) is 0 Å². The summed E-state index contributed by atoms with van der Waals surface area (Å²) in [5.41, 5.74) is 1.71. The minimum Gasteiger partial charge on any atom is -0.337 e. The Bertz CT molecular complexity index is 890. The number of amides is 1. The molecule has 0 saturated carbocycles. The van der Waals surface area contributed by atoms with Gasteiger partial charge in [-0.25, -0.2) is 13.1 Å². The van der Waals surface area contributed by atoms with Crippen molar-refractivity contribution in [3.63, 3.8) is 0 Å². The second kappa shape index (κ2) is 6.78. The molecule has 134 valence electrons. The molecule has 1 aromatic heterocycles. The zero-order valence-electron chi connectivity index (χ0n) is 13.9. The predicted molar refractivity (Wildman–Crippen MR) is 93.7 cm³/mol. The molecule has 0 aliphatic carbocycles. The molecule has 1 amide bonds. The third-order valence-corrected chi connectivity index (χ3v) is 6.34. The van der Waals surface area contributed by atoms with E-state index in [2.05, 4.69) is 14.9 Å². The number of hydrogen-bond donors (Lipinski definition) is 2. The molecule has 2 N–H and O–H groups in total. The van der Waals surface area contributed by atoms with Crippen LogP contribution < -0.4 is 4.72 Å². The number of nitrogens with one attached hydrogen (secondary N) is 2. The second-order valence-corrected chi connectivity index (χ2v) is 8.21. The van der Waals surface area contributed by atoms with Crippen LogP contribution in [0.15, 0.2) is 29.2 Å². The third kappa shape index (κ3) is 3.70. The van der Waals surface area contributed by atoms with Crippen molar-refractivity contribution in [2.45, 2.75) is 37.8 Å². The van der Waals surface area contributed by atoms with Crippen LogP contribution in [-0.4, -0.2) is 42.0 Å². The molecule has 1 saturated heterocycles. The fourth-order valence-electron chi connectivity index (χ4n) is 3.05. The summed E-state index contributed by atoms with van der Waals surface area (Å²) in [6, 6.07) is 6.82. The van der Waals surface area contributed by atoms with E-state index in [1.807, 2.05) is 18.2 Å². The lowest BCUT2D eigenvalue weighted by atomic mass is 10.2. The van der Waals surface area contributed by atoms with E-state index in [0.29, 0.717) is 29.5 Å². The van der Waals surface area contributed by atoms with E-state index in [-0.39, 0.29) is 17.2 Å². The molecular weight excluding hydrogens is 364 g/mol. The molecule has 25 heavy (non-hydrogen) atoms. The average Bonchev–Trinajstić information content (AvgIpc) is 3.04. The topological polar surface area (TPSA) is 95.2 Å². The van der Waals surface area contributed by atoms with Gasteiger partial charge >= 0.3 is 0 Å². The van der Waals surface area contributed by atoms with Crippen LogP contribution in [0.25, 0.3) is 0 Å². The smallest absolute Gasteiger partial charge is 0.244 e. The Morgan fingerprint density at radius 2 is 2.08 bits per heavy atom. The number of hydrogen-bond acceptors (Lipinski definition) is 4. The monoisotopic (exact) mass is 382 g/mol. The standard InChI is InChI=1S/C16H19ClN4O3S/c1-10-16(11(2)19-18-10)25(23,24)20-13-7-15(22)21(9-13)8-12-5-3-4-6-14(12)17/h3-6,13,20H,7-9H2,1-2H3,(H,18,19)/t13-/m1/s1. The first-order chi connectivity index (χ1) is 11.8. The first-order valence-electron chi connectivity index (χ1n) is 7.83. The molecule has 7 nitrogen and oxygen atoms in total. The summed E-state index contributed by atoms with van der Waals surface area (Å²) in [7, 11) is -3.74. The summed E-state index contributed by atoms with van der Waals surface area (Å²) in [6.45, 7) is 3.94. The summed E-state index contributed by atoms with van der Waals surface area (Å²) in [5.74, 6) is -0.103. The van der Waals surface area contributed by atoms with E-state index in [4.69, 9.17) is 11.6 Å². The third-order valence-electron chi connectivity index (χ3n) is 4.18. The van der Waals surface area contributed by atoms with Crippen molar-refractivity contribution < 1.29 is 13.2 Å². The highest BCUT2D eigenvalue weighted by Gasteiger charge is 2.34. The molecule has 0 spiro atoms. The number of sulfonamides is 1. The number of H-pyrrole nitrogens is 1. The van der Waals surface area contributed by atoms with Crippen LogP contribution in [0.5, 0.6) is 0 Å². The zero-order chi connectivity index (χ0) is 18.2. The van der Waals surface area contributed by atoms with E-state index >= 15 is 0 Å². The van der Waals surface area contributed by atoms with Crippen LogP contribution in [0, 0.1) is 13.8 Å². The number of aromatic nitrogens is 2. The molecule has 0 unspecified atom stereocenters. The average molecular weight is 383 g/mol. The molecule has 9 heteroatoms. The molecule has 0 radical (unpaired) electrons. The first-order valence-corrected chi connectivity index (χ1v) is 9.69. The minimum atomic E-state index is -3.74. The van der Waals surface area contributed by atoms with Crippen molar-refractivity contribution in [2.75, 3.05) is 6.54 Å². The van der Waals surface area contributed by atoms with Crippen molar-refractivity contribution in [3.05, 3.63) is 46.2 Å². The fourth-order valence-corrected chi connectivity index (χ4v) is 4.84. The van der Waals surface area contributed by atoms with E-state index in [1.165, 1.54) is 0 Å². The highest BCUT2D eigenvalue weighted by molar-refractivity contribution is 7.89. The summed E-state index contributed by atoms with van der Waals surface area (Å²) in [5, 5.41) is 7.17. The van der Waals surface area contributed by atoms with Crippen LogP contribution in [0.4, 0.5) is 0 Å². The quantitative estimate of drug-likeness (QED) is 0.823. The normalized spacial score (nSPS) is 18.1. The molecule has 0 bridgehead atoms. The first kappa shape index (κ1) is 17.9. The lowest BCUT2D eigenvalue weighted by Gasteiger charge is -2.18. The van der Waals surface area contributed by atoms with Crippen molar-refractivity contribution in [1.29, 1.82) is 0 Å². The number of aryl methyl sites for hydroxylation is 2. The number of aromatic amines is 1. The van der Waals surface area contributed by atoms with Gasteiger partial charge in [-0.2, -0.15) is 5.10 Å². The van der Waals surface area contributed by atoms with Crippen LogP contribution >= 0.6 is 11.6 Å². The number of likely N-dealkylation sites (tertiary alicyclic amines) is 1. The second-order valence-electron chi connectivity index (χ2n) is 6.15. The van der Waals surface area contributed by atoms with E-state index in [0.717, 1.165) is 5.56 Å². The number of halogens is 1.